The highest BCUT2D eigenvalue weighted by molar-refractivity contribution is 5.70. The minimum atomic E-state index is -0.639. The molecule has 2 atom stereocenters. The van der Waals surface area contributed by atoms with Gasteiger partial charge in [-0.25, -0.2) is 0 Å². The molecular weight excluding hydrogens is 238 g/mol. The average Bonchev–Trinajstić information content (AvgIpc) is 2.95. The Morgan fingerprint density at radius 2 is 1.89 bits per heavy atom. The summed E-state index contributed by atoms with van der Waals surface area (Å²) in [6.07, 6.45) is 10.1. The van der Waals surface area contributed by atoms with E-state index in [0.29, 0.717) is 23.9 Å². The van der Waals surface area contributed by atoms with E-state index in [1.807, 2.05) is 0 Å². The molecule has 2 fully saturated rings. The fourth-order valence-electron chi connectivity index (χ4n) is 4.26. The van der Waals surface area contributed by atoms with Crippen LogP contribution in [0, 0.1) is 17.3 Å². The summed E-state index contributed by atoms with van der Waals surface area (Å²) in [5, 5.41) is 12.9. The molecule has 0 heterocycles. The Kier molecular flexibility index (Phi) is 4.88. The van der Waals surface area contributed by atoms with Gasteiger partial charge >= 0.3 is 5.97 Å². The molecule has 0 aromatic heterocycles. The lowest BCUT2D eigenvalue weighted by Gasteiger charge is -2.33. The molecular formula is C16H29NO2. The molecule has 110 valence electrons. The second kappa shape index (κ2) is 6.25. The third-order valence-corrected chi connectivity index (χ3v) is 5.22. The van der Waals surface area contributed by atoms with E-state index in [-0.39, 0.29) is 5.92 Å². The van der Waals surface area contributed by atoms with Crippen molar-refractivity contribution in [2.75, 3.05) is 6.54 Å². The molecule has 0 aromatic carbocycles. The largest absolute Gasteiger partial charge is 0.481 e. The summed E-state index contributed by atoms with van der Waals surface area (Å²) in [6, 6.07) is 0.573. The SMILES string of the molecule is CC(C)CC(CNC1CCCC12CCCC2)C(=O)O. The summed E-state index contributed by atoms with van der Waals surface area (Å²) >= 11 is 0. The van der Waals surface area contributed by atoms with Crippen molar-refractivity contribution in [1.29, 1.82) is 0 Å². The van der Waals surface area contributed by atoms with Crippen LogP contribution >= 0.6 is 0 Å². The summed E-state index contributed by atoms with van der Waals surface area (Å²) in [5.74, 6) is -0.411. The lowest BCUT2D eigenvalue weighted by Crippen LogP contribution is -2.43. The highest BCUT2D eigenvalue weighted by Crippen LogP contribution is 2.50. The van der Waals surface area contributed by atoms with Gasteiger partial charge in [0.2, 0.25) is 0 Å². The molecule has 0 radical (unpaired) electrons. The monoisotopic (exact) mass is 267 g/mol. The molecule has 0 amide bonds. The van der Waals surface area contributed by atoms with E-state index in [0.717, 1.165) is 6.42 Å². The molecule has 2 aliphatic carbocycles. The van der Waals surface area contributed by atoms with Crippen LogP contribution in [0.2, 0.25) is 0 Å². The van der Waals surface area contributed by atoms with Crippen molar-refractivity contribution in [1.82, 2.24) is 5.32 Å². The van der Waals surface area contributed by atoms with Gasteiger partial charge in [0.25, 0.3) is 0 Å². The minimum absolute atomic E-state index is 0.223. The van der Waals surface area contributed by atoms with Gasteiger partial charge in [-0.3, -0.25) is 4.79 Å². The van der Waals surface area contributed by atoms with Crippen LogP contribution in [0.5, 0.6) is 0 Å². The second-order valence-corrected chi connectivity index (χ2v) is 7.09. The van der Waals surface area contributed by atoms with Crippen molar-refractivity contribution in [3.8, 4) is 0 Å². The van der Waals surface area contributed by atoms with E-state index in [4.69, 9.17) is 0 Å². The molecule has 2 rings (SSSR count). The van der Waals surface area contributed by atoms with Gasteiger partial charge in [0.15, 0.2) is 0 Å². The molecule has 0 aromatic rings. The van der Waals surface area contributed by atoms with Gasteiger partial charge in [0, 0.05) is 12.6 Å². The smallest absolute Gasteiger partial charge is 0.307 e. The molecule has 2 aliphatic rings. The first-order chi connectivity index (χ1) is 9.03. The number of carboxylic acids is 1. The van der Waals surface area contributed by atoms with Gasteiger partial charge in [-0.2, -0.15) is 0 Å². The maximum absolute atomic E-state index is 11.3. The summed E-state index contributed by atoms with van der Waals surface area (Å²) < 4.78 is 0. The van der Waals surface area contributed by atoms with E-state index in [1.165, 1.54) is 44.9 Å². The molecule has 3 nitrogen and oxygen atoms in total. The Bertz CT molecular complexity index is 302. The average molecular weight is 267 g/mol. The number of nitrogens with one attached hydrogen (secondary N) is 1. The van der Waals surface area contributed by atoms with Crippen LogP contribution in [-0.2, 0) is 4.79 Å². The molecule has 2 unspecified atom stereocenters. The van der Waals surface area contributed by atoms with Gasteiger partial charge in [0.1, 0.15) is 0 Å². The zero-order valence-electron chi connectivity index (χ0n) is 12.5. The van der Waals surface area contributed by atoms with Gasteiger partial charge < -0.3 is 10.4 Å². The van der Waals surface area contributed by atoms with Crippen molar-refractivity contribution >= 4 is 5.97 Å². The number of hydrogen-bond acceptors (Lipinski definition) is 2. The lowest BCUT2D eigenvalue weighted by molar-refractivity contribution is -0.142. The highest BCUT2D eigenvalue weighted by atomic mass is 16.4. The van der Waals surface area contributed by atoms with Crippen LogP contribution in [0.3, 0.4) is 0 Å². The van der Waals surface area contributed by atoms with Crippen molar-refractivity contribution in [2.45, 2.75) is 71.3 Å². The van der Waals surface area contributed by atoms with Crippen LogP contribution in [0.15, 0.2) is 0 Å². The lowest BCUT2D eigenvalue weighted by atomic mass is 9.80. The summed E-state index contributed by atoms with van der Waals surface area (Å²) in [7, 11) is 0. The number of hydrogen-bond donors (Lipinski definition) is 2. The summed E-state index contributed by atoms with van der Waals surface area (Å²) in [4.78, 5) is 11.3. The molecule has 19 heavy (non-hydrogen) atoms. The van der Waals surface area contributed by atoms with E-state index in [2.05, 4.69) is 19.2 Å². The van der Waals surface area contributed by atoms with Crippen LogP contribution in [-0.4, -0.2) is 23.7 Å². The van der Waals surface area contributed by atoms with Gasteiger partial charge in [-0.15, -0.1) is 0 Å². The van der Waals surface area contributed by atoms with Gasteiger partial charge in [-0.05, 0) is 43.4 Å². The van der Waals surface area contributed by atoms with Crippen LogP contribution < -0.4 is 5.32 Å². The number of rotatable bonds is 6. The number of carboxylic acid groups (broad SMARTS) is 1. The Morgan fingerprint density at radius 1 is 1.26 bits per heavy atom. The van der Waals surface area contributed by atoms with Crippen molar-refractivity contribution < 1.29 is 9.90 Å². The molecule has 0 bridgehead atoms. The Labute approximate surface area is 117 Å². The topological polar surface area (TPSA) is 49.3 Å². The minimum Gasteiger partial charge on any atom is -0.481 e. The second-order valence-electron chi connectivity index (χ2n) is 7.09. The van der Waals surface area contributed by atoms with E-state index < -0.39 is 5.97 Å². The predicted molar refractivity (Wildman–Crippen MR) is 77.1 cm³/mol. The number of carbonyl (C=O) groups is 1. The third kappa shape index (κ3) is 3.50. The Balaban J connectivity index is 1.87. The maximum atomic E-state index is 11.3. The summed E-state index contributed by atoms with van der Waals surface area (Å²) in [6.45, 7) is 4.86. The quantitative estimate of drug-likeness (QED) is 0.775. The highest BCUT2D eigenvalue weighted by Gasteiger charge is 2.44. The number of aliphatic carboxylic acids is 1. The molecule has 0 saturated heterocycles. The standard InChI is InChI=1S/C16H29NO2/c1-12(2)10-13(15(18)19)11-17-14-6-5-9-16(14)7-3-4-8-16/h12-14,17H,3-11H2,1-2H3,(H,18,19). The summed E-state index contributed by atoms with van der Waals surface area (Å²) in [5.41, 5.74) is 0.515. The van der Waals surface area contributed by atoms with Crippen LogP contribution in [0.25, 0.3) is 0 Å². The zero-order chi connectivity index (χ0) is 13.9. The van der Waals surface area contributed by atoms with E-state index in [9.17, 15) is 9.90 Å². The fraction of sp³-hybridized carbons (Fsp3) is 0.938. The molecule has 1 spiro atoms. The first-order valence-electron chi connectivity index (χ1n) is 8.00. The Morgan fingerprint density at radius 3 is 2.47 bits per heavy atom. The third-order valence-electron chi connectivity index (χ3n) is 5.22. The molecule has 2 N–H and O–H groups in total. The fourth-order valence-corrected chi connectivity index (χ4v) is 4.26. The van der Waals surface area contributed by atoms with Crippen molar-refractivity contribution in [3.63, 3.8) is 0 Å². The van der Waals surface area contributed by atoms with E-state index >= 15 is 0 Å². The van der Waals surface area contributed by atoms with E-state index in [1.54, 1.807) is 0 Å². The maximum Gasteiger partial charge on any atom is 0.307 e. The first kappa shape index (κ1) is 14.8. The van der Waals surface area contributed by atoms with Crippen LogP contribution in [0.4, 0.5) is 0 Å². The van der Waals surface area contributed by atoms with Crippen LogP contribution in [0.1, 0.15) is 65.2 Å². The first-order valence-corrected chi connectivity index (χ1v) is 8.00. The Hall–Kier alpha value is -0.570. The molecule has 0 aliphatic heterocycles. The molecule has 2 saturated carbocycles. The van der Waals surface area contributed by atoms with Gasteiger partial charge in [0.05, 0.1) is 5.92 Å². The normalized spacial score (nSPS) is 27.2. The predicted octanol–water partition coefficient (Wildman–Crippen LogP) is 3.44. The van der Waals surface area contributed by atoms with Crippen molar-refractivity contribution in [2.24, 2.45) is 17.3 Å². The van der Waals surface area contributed by atoms with Crippen molar-refractivity contribution in [3.05, 3.63) is 0 Å². The molecule has 3 heteroatoms. The van der Waals surface area contributed by atoms with Gasteiger partial charge in [-0.1, -0.05) is 33.1 Å². The zero-order valence-corrected chi connectivity index (χ0v) is 12.5.